The summed E-state index contributed by atoms with van der Waals surface area (Å²) in [6.45, 7) is 4.08. The molecule has 0 radical (unpaired) electrons. The molecule has 84 valence electrons. The van der Waals surface area contributed by atoms with Crippen LogP contribution in [0.25, 0.3) is 0 Å². The van der Waals surface area contributed by atoms with Gasteiger partial charge in [-0.15, -0.1) is 0 Å². The lowest BCUT2D eigenvalue weighted by Crippen LogP contribution is -2.31. The minimum absolute atomic E-state index is 0.0421. The molecule has 0 fully saturated rings. The molecular formula is C11H18N2O2. The number of carbonyl (C=O) groups excluding carboxylic acids is 1. The van der Waals surface area contributed by atoms with Crippen LogP contribution in [0.2, 0.25) is 0 Å². The molecule has 0 saturated heterocycles. The van der Waals surface area contributed by atoms with E-state index in [1.807, 2.05) is 6.92 Å². The van der Waals surface area contributed by atoms with Crippen LogP contribution < -0.4 is 5.73 Å². The van der Waals surface area contributed by atoms with Gasteiger partial charge in [0.1, 0.15) is 0 Å². The van der Waals surface area contributed by atoms with E-state index in [4.69, 9.17) is 10.2 Å². The van der Waals surface area contributed by atoms with E-state index < -0.39 is 0 Å². The first-order chi connectivity index (χ1) is 7.29. The van der Waals surface area contributed by atoms with E-state index in [-0.39, 0.29) is 5.91 Å². The highest BCUT2D eigenvalue weighted by Crippen LogP contribution is 2.06. The molecule has 4 nitrogen and oxygen atoms in total. The van der Waals surface area contributed by atoms with Crippen molar-refractivity contribution in [3.8, 4) is 0 Å². The summed E-state index contributed by atoms with van der Waals surface area (Å²) in [7, 11) is 0. The molecule has 4 heteroatoms. The molecule has 1 aromatic rings. The first-order valence-corrected chi connectivity index (χ1v) is 5.32. The minimum atomic E-state index is -0.0421. The second-order valence-corrected chi connectivity index (χ2v) is 3.36. The van der Waals surface area contributed by atoms with Crippen LogP contribution in [0.3, 0.4) is 0 Å². The zero-order chi connectivity index (χ0) is 11.1. The number of amides is 1. The van der Waals surface area contributed by atoms with Crippen molar-refractivity contribution in [3.63, 3.8) is 0 Å². The van der Waals surface area contributed by atoms with E-state index in [9.17, 15) is 4.79 Å². The lowest BCUT2D eigenvalue weighted by atomic mass is 10.2. The van der Waals surface area contributed by atoms with Gasteiger partial charge in [0, 0.05) is 13.1 Å². The third-order valence-corrected chi connectivity index (χ3v) is 2.28. The highest BCUT2D eigenvalue weighted by atomic mass is 16.3. The van der Waals surface area contributed by atoms with Crippen molar-refractivity contribution in [1.29, 1.82) is 0 Å². The summed E-state index contributed by atoms with van der Waals surface area (Å²) >= 11 is 0. The number of nitrogens with zero attached hydrogens (tertiary/aromatic N) is 1. The SMILES string of the molecule is CCN(CCCCN)C(=O)c1ccco1. The predicted octanol–water partition coefficient (Wildman–Crippen LogP) is 1.48. The number of furan rings is 1. The van der Waals surface area contributed by atoms with Crippen LogP contribution in [-0.2, 0) is 0 Å². The van der Waals surface area contributed by atoms with E-state index in [0.717, 1.165) is 19.4 Å². The predicted molar refractivity (Wildman–Crippen MR) is 58.6 cm³/mol. The van der Waals surface area contributed by atoms with E-state index >= 15 is 0 Å². The van der Waals surface area contributed by atoms with Gasteiger partial charge in [-0.3, -0.25) is 4.79 Å². The molecule has 0 aliphatic carbocycles. The largest absolute Gasteiger partial charge is 0.459 e. The molecule has 1 heterocycles. The monoisotopic (exact) mass is 210 g/mol. The fourth-order valence-corrected chi connectivity index (χ4v) is 1.41. The Morgan fingerprint density at radius 1 is 1.53 bits per heavy atom. The normalized spacial score (nSPS) is 10.3. The molecule has 1 rings (SSSR count). The van der Waals surface area contributed by atoms with Crippen molar-refractivity contribution >= 4 is 5.91 Å². The zero-order valence-electron chi connectivity index (χ0n) is 9.11. The van der Waals surface area contributed by atoms with Crippen LogP contribution >= 0.6 is 0 Å². The van der Waals surface area contributed by atoms with E-state index in [2.05, 4.69) is 0 Å². The van der Waals surface area contributed by atoms with Crippen LogP contribution in [0.1, 0.15) is 30.3 Å². The van der Waals surface area contributed by atoms with Gasteiger partial charge in [-0.1, -0.05) is 0 Å². The maximum absolute atomic E-state index is 11.8. The standard InChI is InChI=1S/C11H18N2O2/c1-2-13(8-4-3-7-12)11(14)10-6-5-9-15-10/h5-6,9H,2-4,7-8,12H2,1H3. The Morgan fingerprint density at radius 2 is 2.33 bits per heavy atom. The second kappa shape index (κ2) is 6.24. The average molecular weight is 210 g/mol. The zero-order valence-corrected chi connectivity index (χ0v) is 9.11. The molecule has 0 aliphatic rings. The molecular weight excluding hydrogens is 192 g/mol. The Bertz CT molecular complexity index is 283. The highest BCUT2D eigenvalue weighted by Gasteiger charge is 2.15. The van der Waals surface area contributed by atoms with Crippen LogP contribution in [-0.4, -0.2) is 30.4 Å². The fraction of sp³-hybridized carbons (Fsp3) is 0.545. The van der Waals surface area contributed by atoms with Crippen molar-refractivity contribution in [2.45, 2.75) is 19.8 Å². The summed E-state index contributed by atoms with van der Waals surface area (Å²) in [5.41, 5.74) is 5.40. The van der Waals surface area contributed by atoms with E-state index in [1.54, 1.807) is 17.0 Å². The third kappa shape index (κ3) is 3.40. The molecule has 0 aliphatic heterocycles. The highest BCUT2D eigenvalue weighted by molar-refractivity contribution is 5.91. The van der Waals surface area contributed by atoms with Gasteiger partial charge in [-0.2, -0.15) is 0 Å². The van der Waals surface area contributed by atoms with Crippen molar-refractivity contribution < 1.29 is 9.21 Å². The number of rotatable bonds is 6. The van der Waals surface area contributed by atoms with Crippen LogP contribution in [0, 0.1) is 0 Å². The smallest absolute Gasteiger partial charge is 0.289 e. The summed E-state index contributed by atoms with van der Waals surface area (Å²) < 4.78 is 5.07. The van der Waals surface area contributed by atoms with Gasteiger partial charge >= 0.3 is 0 Å². The lowest BCUT2D eigenvalue weighted by molar-refractivity contribution is 0.0730. The molecule has 0 atom stereocenters. The lowest BCUT2D eigenvalue weighted by Gasteiger charge is -2.19. The van der Waals surface area contributed by atoms with E-state index in [1.165, 1.54) is 6.26 Å². The third-order valence-electron chi connectivity index (χ3n) is 2.28. The van der Waals surface area contributed by atoms with Crippen molar-refractivity contribution in [2.75, 3.05) is 19.6 Å². The first-order valence-electron chi connectivity index (χ1n) is 5.32. The number of unbranched alkanes of at least 4 members (excludes halogenated alkanes) is 1. The molecule has 1 amide bonds. The maximum atomic E-state index is 11.8. The molecule has 0 unspecified atom stereocenters. The Balaban J connectivity index is 2.47. The minimum Gasteiger partial charge on any atom is -0.459 e. The van der Waals surface area contributed by atoms with Crippen molar-refractivity contribution in [1.82, 2.24) is 4.90 Å². The van der Waals surface area contributed by atoms with Crippen LogP contribution in [0.5, 0.6) is 0 Å². The second-order valence-electron chi connectivity index (χ2n) is 3.36. The van der Waals surface area contributed by atoms with E-state index in [0.29, 0.717) is 18.8 Å². The van der Waals surface area contributed by atoms with Gasteiger partial charge in [-0.25, -0.2) is 0 Å². The van der Waals surface area contributed by atoms with Gasteiger partial charge in [0.25, 0.3) is 5.91 Å². The summed E-state index contributed by atoms with van der Waals surface area (Å²) in [5, 5.41) is 0. The number of nitrogens with two attached hydrogens (primary N) is 1. The van der Waals surface area contributed by atoms with Gasteiger partial charge < -0.3 is 15.1 Å². The van der Waals surface area contributed by atoms with Crippen LogP contribution in [0.4, 0.5) is 0 Å². The van der Waals surface area contributed by atoms with Gasteiger partial charge in [0.05, 0.1) is 6.26 Å². The molecule has 0 spiro atoms. The van der Waals surface area contributed by atoms with Gasteiger partial charge in [-0.05, 0) is 38.4 Å². The molecule has 0 aromatic carbocycles. The first kappa shape index (κ1) is 11.8. The van der Waals surface area contributed by atoms with Gasteiger partial charge in [0.15, 0.2) is 5.76 Å². The molecule has 1 aromatic heterocycles. The Labute approximate surface area is 90.0 Å². The molecule has 0 saturated carbocycles. The fourth-order valence-electron chi connectivity index (χ4n) is 1.41. The van der Waals surface area contributed by atoms with Crippen LogP contribution in [0.15, 0.2) is 22.8 Å². The number of hydrogen-bond donors (Lipinski definition) is 1. The summed E-state index contributed by atoms with van der Waals surface area (Å²) in [5.74, 6) is 0.365. The van der Waals surface area contributed by atoms with Crippen molar-refractivity contribution in [3.05, 3.63) is 24.2 Å². The molecule has 2 N–H and O–H groups in total. The number of hydrogen-bond acceptors (Lipinski definition) is 3. The maximum Gasteiger partial charge on any atom is 0.289 e. The summed E-state index contributed by atoms with van der Waals surface area (Å²) in [6, 6.07) is 3.41. The molecule has 15 heavy (non-hydrogen) atoms. The Hall–Kier alpha value is -1.29. The quantitative estimate of drug-likeness (QED) is 0.723. The van der Waals surface area contributed by atoms with Gasteiger partial charge in [0.2, 0.25) is 0 Å². The number of carbonyl (C=O) groups is 1. The summed E-state index contributed by atoms with van der Waals surface area (Å²) in [6.07, 6.45) is 3.40. The summed E-state index contributed by atoms with van der Waals surface area (Å²) in [4.78, 5) is 13.6. The topological polar surface area (TPSA) is 59.5 Å². The Morgan fingerprint density at radius 3 is 2.87 bits per heavy atom. The molecule has 0 bridgehead atoms. The average Bonchev–Trinajstić information content (AvgIpc) is 2.77. The van der Waals surface area contributed by atoms with Crippen molar-refractivity contribution in [2.24, 2.45) is 5.73 Å². The Kier molecular flexibility index (Phi) is 4.90.